The maximum absolute atomic E-state index is 6.00. The maximum atomic E-state index is 6.00. The molecule has 6 heteroatoms. The Morgan fingerprint density at radius 1 is 1.12 bits per heavy atom. The maximum Gasteiger partial charge on any atom is 0.320 e. The van der Waals surface area contributed by atoms with Crippen molar-refractivity contribution in [2.75, 3.05) is 12.3 Å². The van der Waals surface area contributed by atoms with Crippen LogP contribution in [-0.4, -0.2) is 26.1 Å². The largest absolute Gasteiger partial charge is 0.463 e. The van der Waals surface area contributed by atoms with Gasteiger partial charge in [-0.25, -0.2) is 4.98 Å². The lowest BCUT2D eigenvalue weighted by Crippen LogP contribution is -2.07. The van der Waals surface area contributed by atoms with E-state index in [9.17, 15) is 0 Å². The van der Waals surface area contributed by atoms with Crippen molar-refractivity contribution in [2.24, 2.45) is 0 Å². The van der Waals surface area contributed by atoms with Gasteiger partial charge in [0.25, 0.3) is 0 Å². The van der Waals surface area contributed by atoms with E-state index in [0.717, 1.165) is 25.0 Å². The Balaban J connectivity index is 1.70. The molecule has 0 aliphatic carbocycles. The summed E-state index contributed by atoms with van der Waals surface area (Å²) in [7, 11) is 0. The Labute approximate surface area is 141 Å². The number of unbranched alkanes of at least 4 members (excludes halogenated alkanes) is 2. The summed E-state index contributed by atoms with van der Waals surface area (Å²) in [6, 6.07) is 10.5. The fourth-order valence-corrected chi connectivity index (χ4v) is 2.61. The number of hydrogen-bond donors (Lipinski definition) is 1. The molecule has 3 rings (SSSR count). The standard InChI is InChI=1S/C18H23N5O/c1-2-3-7-11-23-13-20-15-16(19)21-18(22-17(15)23)24-12-10-14-8-5-4-6-9-14/h4-6,8-9,13H,2-3,7,10-12H2,1H3,(H2,19,21,22). The van der Waals surface area contributed by atoms with Gasteiger partial charge in [-0.15, -0.1) is 0 Å². The van der Waals surface area contributed by atoms with Gasteiger partial charge in [0.1, 0.15) is 5.52 Å². The Kier molecular flexibility index (Phi) is 5.25. The van der Waals surface area contributed by atoms with Crippen molar-refractivity contribution in [2.45, 2.75) is 39.2 Å². The zero-order valence-electron chi connectivity index (χ0n) is 14.0. The summed E-state index contributed by atoms with van der Waals surface area (Å²) in [5, 5.41) is 0. The summed E-state index contributed by atoms with van der Waals surface area (Å²) in [6.07, 6.45) is 6.03. The number of ether oxygens (including phenoxy) is 1. The van der Waals surface area contributed by atoms with E-state index in [1.807, 2.05) is 22.8 Å². The number of benzene rings is 1. The second kappa shape index (κ2) is 7.77. The second-order valence-electron chi connectivity index (χ2n) is 5.79. The van der Waals surface area contributed by atoms with Crippen molar-refractivity contribution in [1.29, 1.82) is 0 Å². The summed E-state index contributed by atoms with van der Waals surface area (Å²) in [6.45, 7) is 3.58. The van der Waals surface area contributed by atoms with E-state index in [0.29, 0.717) is 24.0 Å². The lowest BCUT2D eigenvalue weighted by molar-refractivity contribution is 0.297. The van der Waals surface area contributed by atoms with Crippen LogP contribution < -0.4 is 10.5 Å². The van der Waals surface area contributed by atoms with Crippen molar-refractivity contribution < 1.29 is 4.74 Å². The monoisotopic (exact) mass is 325 g/mol. The molecule has 0 saturated carbocycles. The number of fused-ring (bicyclic) bond motifs is 1. The first-order valence-electron chi connectivity index (χ1n) is 8.43. The number of rotatable bonds is 8. The molecule has 0 bridgehead atoms. The van der Waals surface area contributed by atoms with E-state index < -0.39 is 0 Å². The van der Waals surface area contributed by atoms with Crippen molar-refractivity contribution in [1.82, 2.24) is 19.5 Å². The highest BCUT2D eigenvalue weighted by molar-refractivity contribution is 5.81. The fourth-order valence-electron chi connectivity index (χ4n) is 2.61. The Morgan fingerprint density at radius 2 is 1.96 bits per heavy atom. The number of aromatic nitrogens is 4. The lowest BCUT2D eigenvalue weighted by atomic mass is 10.2. The molecule has 2 aromatic heterocycles. The molecule has 126 valence electrons. The summed E-state index contributed by atoms with van der Waals surface area (Å²) in [5.74, 6) is 0.365. The van der Waals surface area contributed by atoms with E-state index in [1.54, 1.807) is 6.33 Å². The molecule has 0 radical (unpaired) electrons. The third-order valence-electron chi connectivity index (χ3n) is 3.94. The number of hydrogen-bond acceptors (Lipinski definition) is 5. The second-order valence-corrected chi connectivity index (χ2v) is 5.79. The van der Waals surface area contributed by atoms with Crippen molar-refractivity contribution in [3.63, 3.8) is 0 Å². The minimum absolute atomic E-state index is 0.313. The third kappa shape index (κ3) is 3.82. The van der Waals surface area contributed by atoms with E-state index in [-0.39, 0.29) is 0 Å². The Morgan fingerprint density at radius 3 is 2.75 bits per heavy atom. The first-order valence-corrected chi connectivity index (χ1v) is 8.43. The highest BCUT2D eigenvalue weighted by Gasteiger charge is 2.12. The quantitative estimate of drug-likeness (QED) is 0.643. The van der Waals surface area contributed by atoms with Gasteiger partial charge in [-0.3, -0.25) is 0 Å². The zero-order valence-corrected chi connectivity index (χ0v) is 14.0. The number of nitrogen functional groups attached to an aromatic ring is 1. The van der Waals surface area contributed by atoms with Crippen LogP contribution in [0.15, 0.2) is 36.7 Å². The van der Waals surface area contributed by atoms with Gasteiger partial charge < -0.3 is 15.0 Å². The van der Waals surface area contributed by atoms with E-state index >= 15 is 0 Å². The molecule has 24 heavy (non-hydrogen) atoms. The lowest BCUT2D eigenvalue weighted by Gasteiger charge is -2.07. The predicted octanol–water partition coefficient (Wildman–Crippen LogP) is 3.22. The van der Waals surface area contributed by atoms with Crippen LogP contribution in [0.3, 0.4) is 0 Å². The Bertz CT molecular complexity index is 785. The van der Waals surface area contributed by atoms with Gasteiger partial charge in [-0.2, -0.15) is 9.97 Å². The highest BCUT2D eigenvalue weighted by Crippen LogP contribution is 2.20. The molecule has 0 fully saturated rings. The van der Waals surface area contributed by atoms with Gasteiger partial charge in [0, 0.05) is 13.0 Å². The average Bonchev–Trinajstić information content (AvgIpc) is 3.00. The molecule has 0 unspecified atom stereocenters. The third-order valence-corrected chi connectivity index (χ3v) is 3.94. The smallest absolute Gasteiger partial charge is 0.320 e. The van der Waals surface area contributed by atoms with Crippen LogP contribution in [0.2, 0.25) is 0 Å². The molecular weight excluding hydrogens is 302 g/mol. The van der Waals surface area contributed by atoms with Gasteiger partial charge in [-0.05, 0) is 12.0 Å². The summed E-state index contributed by atoms with van der Waals surface area (Å²) in [4.78, 5) is 13.0. The summed E-state index contributed by atoms with van der Waals surface area (Å²) < 4.78 is 7.73. The molecule has 3 aromatic rings. The zero-order chi connectivity index (χ0) is 16.8. The number of anilines is 1. The summed E-state index contributed by atoms with van der Waals surface area (Å²) in [5.41, 5.74) is 8.60. The number of nitrogens with zero attached hydrogens (tertiary/aromatic N) is 4. The predicted molar refractivity (Wildman–Crippen MR) is 94.9 cm³/mol. The van der Waals surface area contributed by atoms with Gasteiger partial charge >= 0.3 is 6.01 Å². The highest BCUT2D eigenvalue weighted by atomic mass is 16.5. The number of nitrogens with two attached hydrogens (primary N) is 1. The molecule has 2 heterocycles. The van der Waals surface area contributed by atoms with Crippen LogP contribution in [-0.2, 0) is 13.0 Å². The molecule has 0 aliphatic rings. The average molecular weight is 325 g/mol. The molecule has 2 N–H and O–H groups in total. The van der Waals surface area contributed by atoms with Crippen LogP contribution in [0, 0.1) is 0 Å². The minimum atomic E-state index is 0.313. The molecule has 0 saturated heterocycles. The van der Waals surface area contributed by atoms with Gasteiger partial charge in [0.15, 0.2) is 11.5 Å². The van der Waals surface area contributed by atoms with E-state index in [1.165, 1.54) is 18.4 Å². The molecule has 0 aliphatic heterocycles. The minimum Gasteiger partial charge on any atom is -0.463 e. The first kappa shape index (κ1) is 16.2. The van der Waals surface area contributed by atoms with Crippen LogP contribution in [0.4, 0.5) is 5.82 Å². The van der Waals surface area contributed by atoms with Crippen molar-refractivity contribution in [3.8, 4) is 6.01 Å². The van der Waals surface area contributed by atoms with E-state index in [2.05, 4.69) is 34.0 Å². The van der Waals surface area contributed by atoms with Crippen LogP contribution >= 0.6 is 0 Å². The SMILES string of the molecule is CCCCCn1cnc2c(N)nc(OCCc3ccccc3)nc21. The molecule has 1 aromatic carbocycles. The molecule has 0 amide bonds. The van der Waals surface area contributed by atoms with Crippen molar-refractivity contribution >= 4 is 17.0 Å². The van der Waals surface area contributed by atoms with Gasteiger partial charge in [0.05, 0.1) is 12.9 Å². The number of aryl methyl sites for hydroxylation is 1. The first-order chi connectivity index (χ1) is 11.8. The topological polar surface area (TPSA) is 78.9 Å². The van der Waals surface area contributed by atoms with Crippen molar-refractivity contribution in [3.05, 3.63) is 42.2 Å². The van der Waals surface area contributed by atoms with Crippen LogP contribution in [0.1, 0.15) is 31.7 Å². The molecule has 6 nitrogen and oxygen atoms in total. The van der Waals surface area contributed by atoms with Crippen LogP contribution in [0.5, 0.6) is 6.01 Å². The fraction of sp³-hybridized carbons (Fsp3) is 0.389. The van der Waals surface area contributed by atoms with Crippen LogP contribution in [0.25, 0.3) is 11.2 Å². The molecule has 0 atom stereocenters. The van der Waals surface area contributed by atoms with E-state index in [4.69, 9.17) is 10.5 Å². The number of imidazole rings is 1. The molecule has 0 spiro atoms. The van der Waals surface area contributed by atoms with Gasteiger partial charge in [0.2, 0.25) is 0 Å². The molecular formula is C18H23N5O. The normalized spacial score (nSPS) is 11.0. The summed E-state index contributed by atoms with van der Waals surface area (Å²) >= 11 is 0. The Hall–Kier alpha value is -2.63. The van der Waals surface area contributed by atoms with Gasteiger partial charge in [-0.1, -0.05) is 50.1 Å².